The normalized spacial score (nSPS) is 10.2. The number of carbonyl (C=O) groups is 2. The summed E-state index contributed by atoms with van der Waals surface area (Å²) in [6.07, 6.45) is 0. The van der Waals surface area contributed by atoms with Gasteiger partial charge in [0.25, 0.3) is 5.91 Å². The van der Waals surface area contributed by atoms with Crippen LogP contribution in [0.15, 0.2) is 18.2 Å². The number of nitrogens with one attached hydrogen (secondary N) is 1. The zero-order valence-corrected chi connectivity index (χ0v) is 10.1. The predicted octanol–water partition coefficient (Wildman–Crippen LogP) is 1.43. The topological polar surface area (TPSA) is 75.6 Å². The average molecular weight is 255 g/mol. The van der Waals surface area contributed by atoms with Crippen molar-refractivity contribution in [2.45, 2.75) is 19.9 Å². The third-order valence-electron chi connectivity index (χ3n) is 1.98. The molecule has 0 aliphatic rings. The third kappa shape index (κ3) is 4.04. The summed E-state index contributed by atoms with van der Waals surface area (Å²) in [6, 6.07) is 3.00. The maximum absolute atomic E-state index is 13.0. The monoisotopic (exact) mass is 255 g/mol. The molecule has 0 bridgehead atoms. The van der Waals surface area contributed by atoms with Crippen LogP contribution in [0.25, 0.3) is 0 Å². The average Bonchev–Trinajstić information content (AvgIpc) is 2.25. The summed E-state index contributed by atoms with van der Waals surface area (Å²) >= 11 is 0. The standard InChI is InChI=1S/C12H14FNO4/c1-7(2)14-11(15)6-18-10-5-8(13)3-4-9(10)12(16)17/h3-5,7H,6H2,1-2H3,(H,14,15)(H,16,17). The first-order valence-electron chi connectivity index (χ1n) is 5.35. The van der Waals surface area contributed by atoms with Gasteiger partial charge in [0.15, 0.2) is 6.61 Å². The lowest BCUT2D eigenvalue weighted by atomic mass is 10.2. The van der Waals surface area contributed by atoms with Gasteiger partial charge in [-0.1, -0.05) is 0 Å². The zero-order valence-electron chi connectivity index (χ0n) is 10.1. The van der Waals surface area contributed by atoms with Crippen molar-refractivity contribution in [2.24, 2.45) is 0 Å². The molecule has 18 heavy (non-hydrogen) atoms. The molecular weight excluding hydrogens is 241 g/mol. The largest absolute Gasteiger partial charge is 0.483 e. The van der Waals surface area contributed by atoms with Gasteiger partial charge in [0.1, 0.15) is 17.1 Å². The lowest BCUT2D eigenvalue weighted by Gasteiger charge is -2.11. The van der Waals surface area contributed by atoms with Crippen LogP contribution in [0.2, 0.25) is 0 Å². The minimum Gasteiger partial charge on any atom is -0.483 e. The summed E-state index contributed by atoms with van der Waals surface area (Å²) in [4.78, 5) is 22.2. The summed E-state index contributed by atoms with van der Waals surface area (Å²) in [5.74, 6) is -2.43. The molecule has 1 rings (SSSR count). The molecule has 5 nitrogen and oxygen atoms in total. The molecule has 0 heterocycles. The van der Waals surface area contributed by atoms with Gasteiger partial charge in [0.05, 0.1) is 0 Å². The van der Waals surface area contributed by atoms with E-state index in [0.717, 1.165) is 18.2 Å². The molecule has 0 radical (unpaired) electrons. The van der Waals surface area contributed by atoms with Crippen molar-refractivity contribution in [1.29, 1.82) is 0 Å². The molecule has 0 aromatic heterocycles. The molecule has 0 aliphatic carbocycles. The van der Waals surface area contributed by atoms with E-state index in [1.165, 1.54) is 0 Å². The summed E-state index contributed by atoms with van der Waals surface area (Å²) in [6.45, 7) is 3.20. The second-order valence-corrected chi connectivity index (χ2v) is 3.96. The fraction of sp³-hybridized carbons (Fsp3) is 0.333. The number of hydrogen-bond acceptors (Lipinski definition) is 3. The van der Waals surface area contributed by atoms with Crippen LogP contribution < -0.4 is 10.1 Å². The molecule has 0 atom stereocenters. The highest BCUT2D eigenvalue weighted by molar-refractivity contribution is 5.91. The molecule has 1 amide bonds. The number of carboxylic acid groups (broad SMARTS) is 1. The van der Waals surface area contributed by atoms with Crippen molar-refractivity contribution in [3.05, 3.63) is 29.6 Å². The highest BCUT2D eigenvalue weighted by Gasteiger charge is 2.13. The molecular formula is C12H14FNO4. The maximum Gasteiger partial charge on any atom is 0.339 e. The molecule has 98 valence electrons. The van der Waals surface area contributed by atoms with E-state index in [0.29, 0.717) is 0 Å². The second-order valence-electron chi connectivity index (χ2n) is 3.96. The highest BCUT2D eigenvalue weighted by Crippen LogP contribution is 2.19. The summed E-state index contributed by atoms with van der Waals surface area (Å²) < 4.78 is 18.0. The predicted molar refractivity (Wildman–Crippen MR) is 62.1 cm³/mol. The Labute approximate surface area is 104 Å². The first-order chi connectivity index (χ1) is 8.40. The number of rotatable bonds is 5. The zero-order chi connectivity index (χ0) is 13.7. The van der Waals surface area contributed by atoms with Crippen molar-refractivity contribution in [3.8, 4) is 5.75 Å². The van der Waals surface area contributed by atoms with Gasteiger partial charge in [-0.05, 0) is 26.0 Å². The van der Waals surface area contributed by atoms with Gasteiger partial charge in [0, 0.05) is 12.1 Å². The number of hydrogen-bond donors (Lipinski definition) is 2. The van der Waals surface area contributed by atoms with Crippen LogP contribution in [0.4, 0.5) is 4.39 Å². The fourth-order valence-electron chi connectivity index (χ4n) is 1.30. The van der Waals surface area contributed by atoms with E-state index in [9.17, 15) is 14.0 Å². The molecule has 1 aromatic carbocycles. The molecule has 0 fully saturated rings. The quantitative estimate of drug-likeness (QED) is 0.834. The number of benzene rings is 1. The van der Waals surface area contributed by atoms with Gasteiger partial charge in [-0.2, -0.15) is 0 Å². The smallest absolute Gasteiger partial charge is 0.339 e. The highest BCUT2D eigenvalue weighted by atomic mass is 19.1. The number of carboxylic acids is 1. The molecule has 2 N–H and O–H groups in total. The Hall–Kier alpha value is -2.11. The van der Waals surface area contributed by atoms with E-state index in [1.54, 1.807) is 13.8 Å². The molecule has 0 saturated carbocycles. The third-order valence-corrected chi connectivity index (χ3v) is 1.98. The van der Waals surface area contributed by atoms with Crippen molar-refractivity contribution >= 4 is 11.9 Å². The van der Waals surface area contributed by atoms with E-state index in [4.69, 9.17) is 9.84 Å². The number of halogens is 1. The Morgan fingerprint density at radius 3 is 2.67 bits per heavy atom. The van der Waals surface area contributed by atoms with Crippen molar-refractivity contribution < 1.29 is 23.8 Å². The van der Waals surface area contributed by atoms with Crippen LogP contribution >= 0.6 is 0 Å². The van der Waals surface area contributed by atoms with Crippen LogP contribution in [0, 0.1) is 5.82 Å². The van der Waals surface area contributed by atoms with Gasteiger partial charge in [0.2, 0.25) is 0 Å². The minimum absolute atomic E-state index is 0.0486. The lowest BCUT2D eigenvalue weighted by molar-refractivity contribution is -0.123. The number of amides is 1. The molecule has 0 saturated heterocycles. The Morgan fingerprint density at radius 1 is 1.44 bits per heavy atom. The number of ether oxygens (including phenoxy) is 1. The van der Waals surface area contributed by atoms with Crippen LogP contribution in [0.5, 0.6) is 5.75 Å². The van der Waals surface area contributed by atoms with Gasteiger partial charge >= 0.3 is 5.97 Å². The van der Waals surface area contributed by atoms with Gasteiger partial charge < -0.3 is 15.2 Å². The minimum atomic E-state index is -1.24. The first kappa shape index (κ1) is 14.0. The maximum atomic E-state index is 13.0. The Kier molecular flexibility index (Phi) is 4.65. The Bertz CT molecular complexity index is 459. The van der Waals surface area contributed by atoms with Crippen LogP contribution in [0.3, 0.4) is 0 Å². The van der Waals surface area contributed by atoms with Gasteiger partial charge in [-0.3, -0.25) is 4.79 Å². The molecule has 0 unspecified atom stereocenters. The van der Waals surface area contributed by atoms with Crippen molar-refractivity contribution in [2.75, 3.05) is 6.61 Å². The van der Waals surface area contributed by atoms with E-state index >= 15 is 0 Å². The fourth-order valence-corrected chi connectivity index (χ4v) is 1.30. The Balaban J connectivity index is 2.74. The van der Waals surface area contributed by atoms with Crippen molar-refractivity contribution in [3.63, 3.8) is 0 Å². The molecule has 6 heteroatoms. The first-order valence-corrected chi connectivity index (χ1v) is 5.35. The molecule has 0 aliphatic heterocycles. The SMILES string of the molecule is CC(C)NC(=O)COc1cc(F)ccc1C(=O)O. The van der Waals surface area contributed by atoms with Crippen LogP contribution in [-0.2, 0) is 4.79 Å². The summed E-state index contributed by atoms with van der Waals surface area (Å²) in [5.41, 5.74) is -0.186. The summed E-state index contributed by atoms with van der Waals surface area (Å²) in [7, 11) is 0. The van der Waals surface area contributed by atoms with E-state index in [1.807, 2.05) is 0 Å². The van der Waals surface area contributed by atoms with Crippen LogP contribution in [-0.4, -0.2) is 29.6 Å². The number of carbonyl (C=O) groups excluding carboxylic acids is 1. The van der Waals surface area contributed by atoms with E-state index < -0.39 is 17.7 Å². The van der Waals surface area contributed by atoms with Crippen LogP contribution in [0.1, 0.15) is 24.2 Å². The molecule has 0 spiro atoms. The Morgan fingerprint density at radius 2 is 2.11 bits per heavy atom. The van der Waals surface area contributed by atoms with Gasteiger partial charge in [-0.25, -0.2) is 9.18 Å². The van der Waals surface area contributed by atoms with Gasteiger partial charge in [-0.15, -0.1) is 0 Å². The summed E-state index contributed by atoms with van der Waals surface area (Å²) in [5, 5.41) is 11.4. The second kappa shape index (κ2) is 6.00. The van der Waals surface area contributed by atoms with E-state index in [2.05, 4.69) is 5.32 Å². The van der Waals surface area contributed by atoms with E-state index in [-0.39, 0.29) is 24.0 Å². The lowest BCUT2D eigenvalue weighted by Crippen LogP contribution is -2.34. The van der Waals surface area contributed by atoms with Crippen molar-refractivity contribution in [1.82, 2.24) is 5.32 Å². The molecule has 1 aromatic rings. The number of aromatic carboxylic acids is 1.